The van der Waals surface area contributed by atoms with E-state index in [4.69, 9.17) is 0 Å². The van der Waals surface area contributed by atoms with Crippen molar-refractivity contribution >= 4 is 28.3 Å². The minimum absolute atomic E-state index is 0.107. The molecule has 4 heteroatoms. The Morgan fingerprint density at radius 3 is 2.68 bits per heavy atom. The fraction of sp³-hybridized carbons (Fsp3) is 0.133. The number of rotatable bonds is 2. The number of nitrogens with one attached hydrogen (secondary N) is 1. The molecule has 0 aliphatic carbocycles. The van der Waals surface area contributed by atoms with Crippen molar-refractivity contribution in [3.05, 3.63) is 69.0 Å². The van der Waals surface area contributed by atoms with Crippen molar-refractivity contribution < 1.29 is 4.39 Å². The Morgan fingerprint density at radius 1 is 1.16 bits per heavy atom. The second-order valence-corrected chi connectivity index (χ2v) is 5.72. The van der Waals surface area contributed by atoms with Gasteiger partial charge in [0.05, 0.1) is 5.71 Å². The Kier molecular flexibility index (Phi) is 3.50. The van der Waals surface area contributed by atoms with Crippen molar-refractivity contribution in [2.45, 2.75) is 5.92 Å². The highest BCUT2D eigenvalue weighted by molar-refractivity contribution is 14.1. The Bertz CT molecular complexity index is 622. The minimum atomic E-state index is -0.202. The molecule has 2 aromatic rings. The van der Waals surface area contributed by atoms with Gasteiger partial charge in [-0.3, -0.25) is 0 Å². The van der Waals surface area contributed by atoms with Gasteiger partial charge < -0.3 is 5.43 Å². The molecular formula is C15H12FIN2. The van der Waals surface area contributed by atoms with E-state index in [0.29, 0.717) is 6.54 Å². The third-order valence-electron chi connectivity index (χ3n) is 3.22. The van der Waals surface area contributed by atoms with Crippen molar-refractivity contribution in [3.63, 3.8) is 0 Å². The SMILES string of the molecule is Fc1cccc(C2CNN=C2c2ccc(I)cc2)c1. The number of benzene rings is 2. The van der Waals surface area contributed by atoms with E-state index in [2.05, 4.69) is 57.4 Å². The van der Waals surface area contributed by atoms with Crippen LogP contribution < -0.4 is 5.43 Å². The molecule has 0 bridgehead atoms. The van der Waals surface area contributed by atoms with E-state index in [1.165, 1.54) is 9.64 Å². The highest BCUT2D eigenvalue weighted by Crippen LogP contribution is 2.25. The molecule has 1 aliphatic rings. The van der Waals surface area contributed by atoms with Gasteiger partial charge in [0.2, 0.25) is 0 Å². The first kappa shape index (κ1) is 12.6. The van der Waals surface area contributed by atoms with Crippen LogP contribution in [0.5, 0.6) is 0 Å². The zero-order valence-corrected chi connectivity index (χ0v) is 12.3. The molecule has 1 N–H and O–H groups in total. The van der Waals surface area contributed by atoms with Crippen LogP contribution >= 0.6 is 22.6 Å². The molecule has 96 valence electrons. The van der Waals surface area contributed by atoms with Crippen molar-refractivity contribution in [2.75, 3.05) is 6.54 Å². The molecule has 0 spiro atoms. The first-order valence-electron chi connectivity index (χ1n) is 6.06. The molecule has 0 saturated carbocycles. The van der Waals surface area contributed by atoms with Crippen molar-refractivity contribution in [2.24, 2.45) is 5.10 Å². The zero-order chi connectivity index (χ0) is 13.2. The summed E-state index contributed by atoms with van der Waals surface area (Å²) in [7, 11) is 0. The van der Waals surface area contributed by atoms with E-state index in [1.54, 1.807) is 12.1 Å². The monoisotopic (exact) mass is 366 g/mol. The smallest absolute Gasteiger partial charge is 0.123 e. The Morgan fingerprint density at radius 2 is 1.95 bits per heavy atom. The summed E-state index contributed by atoms with van der Waals surface area (Å²) in [5.74, 6) is -0.0953. The van der Waals surface area contributed by atoms with Crippen LogP contribution in [-0.4, -0.2) is 12.3 Å². The van der Waals surface area contributed by atoms with Gasteiger partial charge in [0, 0.05) is 16.0 Å². The molecule has 0 fully saturated rings. The molecular weight excluding hydrogens is 354 g/mol. The van der Waals surface area contributed by atoms with Crippen LogP contribution in [-0.2, 0) is 0 Å². The first-order valence-corrected chi connectivity index (χ1v) is 7.14. The second-order valence-electron chi connectivity index (χ2n) is 4.47. The zero-order valence-electron chi connectivity index (χ0n) is 10.1. The van der Waals surface area contributed by atoms with Crippen LogP contribution in [0.4, 0.5) is 4.39 Å². The average molecular weight is 366 g/mol. The van der Waals surface area contributed by atoms with E-state index in [1.807, 2.05) is 6.07 Å². The lowest BCUT2D eigenvalue weighted by Crippen LogP contribution is -2.14. The standard InChI is InChI=1S/C15H12FIN2/c16-12-3-1-2-11(8-12)14-9-18-19-15(14)10-4-6-13(17)7-5-10/h1-8,14,18H,9H2. The van der Waals surface area contributed by atoms with Crippen LogP contribution in [0.3, 0.4) is 0 Å². The second kappa shape index (κ2) is 5.28. The fourth-order valence-corrected chi connectivity index (χ4v) is 2.64. The Balaban J connectivity index is 1.95. The summed E-state index contributed by atoms with van der Waals surface area (Å²) in [6.45, 7) is 0.713. The summed E-state index contributed by atoms with van der Waals surface area (Å²) in [5.41, 5.74) is 6.03. The molecule has 0 radical (unpaired) electrons. The summed E-state index contributed by atoms with van der Waals surface area (Å²) < 4.78 is 14.5. The molecule has 2 aromatic carbocycles. The quantitative estimate of drug-likeness (QED) is 0.809. The molecule has 19 heavy (non-hydrogen) atoms. The lowest BCUT2D eigenvalue weighted by Gasteiger charge is -2.12. The molecule has 0 saturated heterocycles. The molecule has 0 aromatic heterocycles. The van der Waals surface area contributed by atoms with Gasteiger partial charge in [0.25, 0.3) is 0 Å². The van der Waals surface area contributed by atoms with Gasteiger partial charge in [0.1, 0.15) is 5.82 Å². The third-order valence-corrected chi connectivity index (χ3v) is 3.94. The summed E-state index contributed by atoms with van der Waals surface area (Å²) >= 11 is 2.28. The maximum atomic E-state index is 13.3. The van der Waals surface area contributed by atoms with Gasteiger partial charge in [-0.2, -0.15) is 5.10 Å². The van der Waals surface area contributed by atoms with E-state index >= 15 is 0 Å². The van der Waals surface area contributed by atoms with Gasteiger partial charge >= 0.3 is 0 Å². The predicted octanol–water partition coefficient (Wildman–Crippen LogP) is 3.52. The maximum Gasteiger partial charge on any atom is 0.123 e. The van der Waals surface area contributed by atoms with E-state index in [9.17, 15) is 4.39 Å². The number of hydrazone groups is 1. The number of hydrogen-bond donors (Lipinski definition) is 1. The van der Waals surface area contributed by atoms with Gasteiger partial charge in [-0.15, -0.1) is 0 Å². The first-order chi connectivity index (χ1) is 9.24. The van der Waals surface area contributed by atoms with Crippen LogP contribution in [0.15, 0.2) is 53.6 Å². The third kappa shape index (κ3) is 2.63. The summed E-state index contributed by atoms with van der Waals surface area (Å²) in [6, 6.07) is 15.0. The largest absolute Gasteiger partial charge is 0.309 e. The predicted molar refractivity (Wildman–Crippen MR) is 82.8 cm³/mol. The number of nitrogens with zero attached hydrogens (tertiary/aromatic N) is 1. The van der Waals surface area contributed by atoms with Gasteiger partial charge in [-0.1, -0.05) is 24.3 Å². The van der Waals surface area contributed by atoms with Crippen molar-refractivity contribution in [1.29, 1.82) is 0 Å². The van der Waals surface area contributed by atoms with Gasteiger partial charge in [-0.25, -0.2) is 4.39 Å². The van der Waals surface area contributed by atoms with Crippen LogP contribution in [0.25, 0.3) is 0 Å². The number of halogens is 2. The van der Waals surface area contributed by atoms with Crippen molar-refractivity contribution in [3.8, 4) is 0 Å². The lowest BCUT2D eigenvalue weighted by molar-refractivity contribution is 0.624. The highest BCUT2D eigenvalue weighted by atomic mass is 127. The van der Waals surface area contributed by atoms with Crippen LogP contribution in [0.2, 0.25) is 0 Å². The van der Waals surface area contributed by atoms with Gasteiger partial charge in [-0.05, 0) is 58.0 Å². The molecule has 1 aliphatic heterocycles. The molecule has 1 atom stereocenters. The average Bonchev–Trinajstić information content (AvgIpc) is 2.89. The van der Waals surface area contributed by atoms with Crippen LogP contribution in [0.1, 0.15) is 17.0 Å². The Hall–Kier alpha value is -1.43. The number of hydrogen-bond acceptors (Lipinski definition) is 2. The van der Waals surface area contributed by atoms with E-state index in [-0.39, 0.29) is 11.7 Å². The normalized spacial score (nSPS) is 18.0. The molecule has 1 heterocycles. The fourth-order valence-electron chi connectivity index (χ4n) is 2.28. The molecule has 3 rings (SSSR count). The summed E-state index contributed by atoms with van der Waals surface area (Å²) in [4.78, 5) is 0. The van der Waals surface area contributed by atoms with Crippen molar-refractivity contribution in [1.82, 2.24) is 5.43 Å². The highest BCUT2D eigenvalue weighted by Gasteiger charge is 2.24. The molecule has 2 nitrogen and oxygen atoms in total. The minimum Gasteiger partial charge on any atom is -0.309 e. The van der Waals surface area contributed by atoms with Crippen LogP contribution in [0, 0.1) is 9.39 Å². The summed E-state index contributed by atoms with van der Waals surface area (Å²) in [6.07, 6.45) is 0. The lowest BCUT2D eigenvalue weighted by atomic mass is 9.91. The summed E-state index contributed by atoms with van der Waals surface area (Å²) in [5, 5.41) is 4.36. The maximum absolute atomic E-state index is 13.3. The molecule has 1 unspecified atom stereocenters. The Labute approximate surface area is 124 Å². The van der Waals surface area contributed by atoms with Gasteiger partial charge in [0.15, 0.2) is 0 Å². The topological polar surface area (TPSA) is 24.4 Å². The van der Waals surface area contributed by atoms with E-state index < -0.39 is 0 Å². The van der Waals surface area contributed by atoms with E-state index in [0.717, 1.165) is 16.8 Å². The molecule has 0 amide bonds.